The predicted octanol–water partition coefficient (Wildman–Crippen LogP) is 1.65. The van der Waals surface area contributed by atoms with Crippen molar-refractivity contribution in [1.29, 1.82) is 0 Å². The second-order valence-corrected chi connectivity index (χ2v) is 3.03. The number of halogens is 2. The molecule has 0 heterocycles. The van der Waals surface area contributed by atoms with E-state index in [1.165, 1.54) is 14.0 Å². The summed E-state index contributed by atoms with van der Waals surface area (Å²) in [7, 11) is 1.49. The zero-order valence-electron chi connectivity index (χ0n) is 7.77. The molecular weight excluding hydrogens is 176 g/mol. The van der Waals surface area contributed by atoms with E-state index in [1.54, 1.807) is 6.92 Å². The molecule has 0 aromatic heterocycles. The van der Waals surface area contributed by atoms with Crippen molar-refractivity contribution in [1.82, 2.24) is 0 Å². The van der Waals surface area contributed by atoms with Gasteiger partial charge in [-0.25, -0.2) is 8.78 Å². The molecule has 2 atom stereocenters. The van der Waals surface area contributed by atoms with E-state index in [1.807, 2.05) is 0 Å². The molecule has 0 N–H and O–H groups in total. The van der Waals surface area contributed by atoms with Crippen LogP contribution in [-0.2, 0) is 4.79 Å². The van der Waals surface area contributed by atoms with E-state index in [-0.39, 0.29) is 11.1 Å². The van der Waals surface area contributed by atoms with Crippen molar-refractivity contribution in [2.75, 3.05) is 7.05 Å². The van der Waals surface area contributed by atoms with E-state index < -0.39 is 18.1 Å². The maximum Gasteiger partial charge on any atom is 0.202 e. The Morgan fingerprint density at radius 1 is 1.38 bits per heavy atom. The van der Waals surface area contributed by atoms with Crippen LogP contribution in [0.2, 0.25) is 0 Å². The normalized spacial score (nSPS) is 30.2. The van der Waals surface area contributed by atoms with Crippen molar-refractivity contribution >= 4 is 11.5 Å². The van der Waals surface area contributed by atoms with Crippen LogP contribution in [0.4, 0.5) is 8.78 Å². The number of alkyl halides is 2. The fourth-order valence-corrected chi connectivity index (χ4v) is 1.40. The number of hydrogen-bond donors (Lipinski definition) is 0. The zero-order chi connectivity index (χ0) is 10.2. The van der Waals surface area contributed by atoms with Crippen LogP contribution in [0.5, 0.6) is 0 Å². The highest BCUT2D eigenvalue weighted by Crippen LogP contribution is 2.29. The smallest absolute Gasteiger partial charge is 0.202 e. The largest absolute Gasteiger partial charge is 0.293 e. The summed E-state index contributed by atoms with van der Waals surface area (Å²) in [6.45, 7) is 2.99. The van der Waals surface area contributed by atoms with Gasteiger partial charge in [0.25, 0.3) is 0 Å². The van der Waals surface area contributed by atoms with Crippen molar-refractivity contribution in [3.05, 3.63) is 11.1 Å². The van der Waals surface area contributed by atoms with Crippen molar-refractivity contribution in [3.8, 4) is 0 Å². The fraction of sp³-hybridized carbons (Fsp3) is 0.556. The molecule has 0 saturated carbocycles. The molecule has 72 valence electrons. The van der Waals surface area contributed by atoms with Crippen LogP contribution in [0, 0.1) is 0 Å². The minimum Gasteiger partial charge on any atom is -0.293 e. The first kappa shape index (κ1) is 10.0. The highest BCUT2D eigenvalue weighted by molar-refractivity contribution is 6.25. The number of nitrogens with zero attached hydrogens (tertiary/aromatic N) is 1. The lowest BCUT2D eigenvalue weighted by atomic mass is 10.1. The summed E-state index contributed by atoms with van der Waals surface area (Å²) in [6.07, 6.45) is -3.83. The van der Waals surface area contributed by atoms with E-state index in [0.29, 0.717) is 5.71 Å². The molecule has 0 unspecified atom stereocenters. The van der Waals surface area contributed by atoms with Gasteiger partial charge in [0.15, 0.2) is 12.3 Å². The van der Waals surface area contributed by atoms with Crippen LogP contribution in [0.15, 0.2) is 16.1 Å². The molecule has 4 heteroatoms. The quantitative estimate of drug-likeness (QED) is 0.574. The lowest BCUT2D eigenvalue weighted by Crippen LogP contribution is -2.20. The number of aliphatic imine (C=N–C) groups is 1. The molecule has 0 bridgehead atoms. The van der Waals surface area contributed by atoms with Crippen LogP contribution in [0.25, 0.3) is 0 Å². The number of ketones is 1. The molecule has 2 nitrogen and oxygen atoms in total. The SMILES string of the molecule is C/N=C(/C)C1=C(C)[C@@H](F)[C@@H](F)C1=O. The summed E-state index contributed by atoms with van der Waals surface area (Å²) >= 11 is 0. The van der Waals surface area contributed by atoms with Gasteiger partial charge in [-0.2, -0.15) is 0 Å². The highest BCUT2D eigenvalue weighted by atomic mass is 19.2. The van der Waals surface area contributed by atoms with Gasteiger partial charge in [-0.1, -0.05) is 0 Å². The van der Waals surface area contributed by atoms with Crippen LogP contribution in [-0.4, -0.2) is 30.9 Å². The van der Waals surface area contributed by atoms with Gasteiger partial charge < -0.3 is 0 Å². The maximum absolute atomic E-state index is 13.0. The van der Waals surface area contributed by atoms with E-state index in [2.05, 4.69) is 4.99 Å². The summed E-state index contributed by atoms with van der Waals surface area (Å²) < 4.78 is 25.9. The van der Waals surface area contributed by atoms with Gasteiger partial charge in [0.1, 0.15) is 0 Å². The molecule has 0 aromatic carbocycles. The van der Waals surface area contributed by atoms with Gasteiger partial charge in [0.2, 0.25) is 5.78 Å². The van der Waals surface area contributed by atoms with Gasteiger partial charge >= 0.3 is 0 Å². The molecule has 0 spiro atoms. The van der Waals surface area contributed by atoms with Crippen LogP contribution < -0.4 is 0 Å². The van der Waals surface area contributed by atoms with E-state index >= 15 is 0 Å². The summed E-state index contributed by atoms with van der Waals surface area (Å²) in [6, 6.07) is 0. The average Bonchev–Trinajstić information content (AvgIpc) is 2.30. The summed E-state index contributed by atoms with van der Waals surface area (Å²) in [5.74, 6) is -0.784. The molecule has 13 heavy (non-hydrogen) atoms. The molecule has 1 aliphatic rings. The minimum atomic E-state index is -2.04. The average molecular weight is 187 g/mol. The van der Waals surface area contributed by atoms with Crippen molar-refractivity contribution in [2.45, 2.75) is 26.2 Å². The Balaban J connectivity index is 3.15. The summed E-state index contributed by atoms with van der Waals surface area (Å²) in [4.78, 5) is 14.9. The third kappa shape index (κ3) is 1.41. The first-order valence-corrected chi connectivity index (χ1v) is 3.97. The molecular formula is C9H11F2NO. The lowest BCUT2D eigenvalue weighted by Gasteiger charge is -2.00. The lowest BCUT2D eigenvalue weighted by molar-refractivity contribution is -0.119. The first-order chi connectivity index (χ1) is 6.00. The van der Waals surface area contributed by atoms with Crippen molar-refractivity contribution in [2.24, 2.45) is 4.99 Å². The van der Waals surface area contributed by atoms with Crippen LogP contribution in [0.1, 0.15) is 13.8 Å². The number of rotatable bonds is 1. The second kappa shape index (κ2) is 3.36. The second-order valence-electron chi connectivity index (χ2n) is 3.03. The number of allylic oxidation sites excluding steroid dienone is 2. The molecule has 0 radical (unpaired) electrons. The monoisotopic (exact) mass is 187 g/mol. The van der Waals surface area contributed by atoms with E-state index in [9.17, 15) is 13.6 Å². The standard InChI is InChI=1S/C9H11F2NO/c1-4-6(5(2)12-3)9(13)8(11)7(4)10/h7-8H,1-3H3/b12-5-/t7-,8-/m1/s1. The van der Waals surface area contributed by atoms with E-state index in [0.717, 1.165) is 0 Å². The Labute approximate surface area is 75.4 Å². The Morgan fingerprint density at radius 3 is 2.23 bits per heavy atom. The highest BCUT2D eigenvalue weighted by Gasteiger charge is 2.41. The van der Waals surface area contributed by atoms with E-state index in [4.69, 9.17) is 0 Å². The van der Waals surface area contributed by atoms with Crippen molar-refractivity contribution in [3.63, 3.8) is 0 Å². The van der Waals surface area contributed by atoms with Gasteiger partial charge in [-0.3, -0.25) is 9.79 Å². The first-order valence-electron chi connectivity index (χ1n) is 3.97. The third-order valence-corrected chi connectivity index (χ3v) is 2.26. The summed E-state index contributed by atoms with van der Waals surface area (Å²) in [5, 5.41) is 0. The molecule has 1 aliphatic carbocycles. The van der Waals surface area contributed by atoms with Gasteiger partial charge in [-0.15, -0.1) is 0 Å². The maximum atomic E-state index is 13.0. The third-order valence-electron chi connectivity index (χ3n) is 2.26. The molecule has 0 saturated heterocycles. The van der Waals surface area contributed by atoms with Crippen LogP contribution in [0.3, 0.4) is 0 Å². The fourth-order valence-electron chi connectivity index (χ4n) is 1.40. The Bertz CT molecular complexity index is 307. The Kier molecular flexibility index (Phi) is 2.59. The molecule has 1 rings (SSSR count). The Hall–Kier alpha value is -1.06. The number of Topliss-reactive ketones (excluding diaryl/α,β-unsaturated/α-hetero) is 1. The summed E-state index contributed by atoms with van der Waals surface area (Å²) in [5.41, 5.74) is 0.661. The molecule has 0 aromatic rings. The van der Waals surface area contributed by atoms with Gasteiger partial charge in [0.05, 0.1) is 0 Å². The minimum absolute atomic E-state index is 0.113. The topological polar surface area (TPSA) is 29.4 Å². The zero-order valence-corrected chi connectivity index (χ0v) is 7.77. The molecule has 0 fully saturated rings. The predicted molar refractivity (Wildman–Crippen MR) is 46.5 cm³/mol. The molecule has 0 aliphatic heterocycles. The van der Waals surface area contributed by atoms with Gasteiger partial charge in [-0.05, 0) is 19.4 Å². The number of carbonyl (C=O) groups is 1. The number of carbonyl (C=O) groups excluding carboxylic acids is 1. The van der Waals surface area contributed by atoms with Crippen molar-refractivity contribution < 1.29 is 13.6 Å². The Morgan fingerprint density at radius 2 is 1.92 bits per heavy atom. The van der Waals surface area contributed by atoms with Gasteiger partial charge in [0, 0.05) is 18.3 Å². The molecule has 0 amide bonds. The number of hydrogen-bond acceptors (Lipinski definition) is 2. The van der Waals surface area contributed by atoms with Crippen LogP contribution >= 0.6 is 0 Å².